The highest BCUT2D eigenvalue weighted by molar-refractivity contribution is 7.85. The Hall–Kier alpha value is -6.80. The smallest absolute Gasteiger partial charge is 0.338 e. The van der Waals surface area contributed by atoms with Crippen LogP contribution in [0.3, 0.4) is 0 Å². The van der Waals surface area contributed by atoms with Gasteiger partial charge in [0.25, 0.3) is 27.8 Å². The highest BCUT2D eigenvalue weighted by Crippen LogP contribution is 2.21. The van der Waals surface area contributed by atoms with Crippen LogP contribution in [0.1, 0.15) is 50.8 Å². The second-order valence-electron chi connectivity index (χ2n) is 11.6. The van der Waals surface area contributed by atoms with Gasteiger partial charge in [-0.2, -0.15) is 18.6 Å². The molecule has 0 bridgehead atoms. The number of amides is 3. The molecule has 0 saturated carbocycles. The molecule has 1 aromatic heterocycles. The molecule has 20 heteroatoms. The Bertz CT molecular complexity index is 2320. The Morgan fingerprint density at radius 2 is 1.53 bits per heavy atom. The number of carbonyl (C=O) groups is 6. The maximum atomic E-state index is 13.2. The zero-order chi connectivity index (χ0) is 40.1. The van der Waals surface area contributed by atoms with Gasteiger partial charge in [-0.25, -0.2) is 14.4 Å². The third-order valence-electron chi connectivity index (χ3n) is 7.32. The van der Waals surface area contributed by atoms with Crippen molar-refractivity contribution in [1.29, 1.82) is 0 Å². The molecule has 1 unspecified atom stereocenters. The van der Waals surface area contributed by atoms with E-state index in [9.17, 15) is 42.0 Å². The zero-order valence-corrected chi connectivity index (χ0v) is 29.9. The lowest BCUT2D eigenvalue weighted by Crippen LogP contribution is -2.31. The summed E-state index contributed by atoms with van der Waals surface area (Å²) in [7, 11) is -4.28. The summed E-state index contributed by atoms with van der Waals surface area (Å²) in [5.74, 6) is -4.89. The van der Waals surface area contributed by atoms with Gasteiger partial charge in [-0.05, 0) is 80.4 Å². The number of azo groups is 1. The van der Waals surface area contributed by atoms with Crippen molar-refractivity contribution in [3.8, 4) is 0 Å². The van der Waals surface area contributed by atoms with Gasteiger partial charge in [0.2, 0.25) is 6.04 Å². The number of benzene rings is 3. The standard InChI is InChI=1S/C35H35N7O12S/c1-3-29(44)53-13-4-12-36-31(45)22-16-23(34(48)54-14-5-15-55(50,51)52)18-26(17-22)38-32(46)21-6-8-24(9-7-21)41-42-30(20(2)43)33(47)37-25-10-11-27-28(19-25)40-35(49)39-27/h3,6-11,16-19,30H,1,4-5,12-15H2,2H3,(H,36,45)(H,37,47)(H,38,46)(H2,39,40,49)(H,50,51,52)/b42-41+. The van der Waals surface area contributed by atoms with E-state index in [0.717, 1.165) is 6.08 Å². The monoisotopic (exact) mass is 777 g/mol. The van der Waals surface area contributed by atoms with Crippen LogP contribution in [0, 0.1) is 0 Å². The van der Waals surface area contributed by atoms with Crippen LogP contribution in [0.2, 0.25) is 0 Å². The molecule has 3 amide bonds. The maximum Gasteiger partial charge on any atom is 0.338 e. The van der Waals surface area contributed by atoms with Gasteiger partial charge in [0.05, 0.1) is 41.3 Å². The van der Waals surface area contributed by atoms with Crippen LogP contribution in [-0.2, 0) is 34.0 Å². The number of hydrogen-bond donors (Lipinski definition) is 6. The Morgan fingerprint density at radius 1 is 0.836 bits per heavy atom. The molecule has 1 atom stereocenters. The number of H-pyrrole nitrogens is 2. The molecule has 19 nitrogen and oxygen atoms in total. The van der Waals surface area contributed by atoms with Crippen LogP contribution in [0.15, 0.2) is 88.3 Å². The second-order valence-corrected chi connectivity index (χ2v) is 13.2. The number of hydrogen-bond acceptors (Lipinski definition) is 13. The molecule has 6 N–H and O–H groups in total. The van der Waals surface area contributed by atoms with E-state index in [1.54, 1.807) is 6.07 Å². The maximum absolute atomic E-state index is 13.2. The van der Waals surface area contributed by atoms with Crippen LogP contribution in [0.25, 0.3) is 11.0 Å². The number of nitrogens with zero attached hydrogens (tertiary/aromatic N) is 2. The van der Waals surface area contributed by atoms with Crippen LogP contribution in [0.5, 0.6) is 0 Å². The normalized spacial score (nSPS) is 11.7. The van der Waals surface area contributed by atoms with E-state index in [1.807, 2.05) is 0 Å². The Balaban J connectivity index is 1.44. The van der Waals surface area contributed by atoms with Crippen LogP contribution in [0.4, 0.5) is 17.1 Å². The molecule has 4 aromatic rings. The van der Waals surface area contributed by atoms with Gasteiger partial charge in [0.1, 0.15) is 0 Å². The van der Waals surface area contributed by atoms with Gasteiger partial charge in [-0.15, -0.1) is 0 Å². The zero-order valence-electron chi connectivity index (χ0n) is 29.1. The predicted octanol–water partition coefficient (Wildman–Crippen LogP) is 3.07. The summed E-state index contributed by atoms with van der Waals surface area (Å²) >= 11 is 0. The molecular formula is C35H35N7O12S. The van der Waals surface area contributed by atoms with E-state index >= 15 is 0 Å². The van der Waals surface area contributed by atoms with E-state index in [4.69, 9.17) is 14.0 Å². The molecule has 0 saturated heterocycles. The predicted molar refractivity (Wildman–Crippen MR) is 197 cm³/mol. The lowest BCUT2D eigenvalue weighted by molar-refractivity contribution is -0.137. The molecule has 0 aliphatic heterocycles. The van der Waals surface area contributed by atoms with Crippen molar-refractivity contribution in [3.05, 3.63) is 100 Å². The summed E-state index contributed by atoms with van der Waals surface area (Å²) < 4.78 is 40.8. The first-order valence-electron chi connectivity index (χ1n) is 16.3. The lowest BCUT2D eigenvalue weighted by Gasteiger charge is -2.12. The van der Waals surface area contributed by atoms with Crippen molar-refractivity contribution in [2.24, 2.45) is 10.2 Å². The van der Waals surface area contributed by atoms with E-state index in [1.165, 1.54) is 61.5 Å². The van der Waals surface area contributed by atoms with Gasteiger partial charge in [0, 0.05) is 35.1 Å². The first-order valence-corrected chi connectivity index (χ1v) is 17.9. The quantitative estimate of drug-likeness (QED) is 0.0212. The molecule has 3 aromatic carbocycles. The fourth-order valence-corrected chi connectivity index (χ4v) is 5.18. The van der Waals surface area contributed by atoms with Crippen molar-refractivity contribution in [1.82, 2.24) is 15.3 Å². The van der Waals surface area contributed by atoms with Crippen molar-refractivity contribution >= 4 is 73.7 Å². The molecule has 55 heavy (non-hydrogen) atoms. The Morgan fingerprint density at radius 3 is 2.22 bits per heavy atom. The number of aromatic amines is 2. The van der Waals surface area contributed by atoms with Gasteiger partial charge >= 0.3 is 17.6 Å². The second kappa shape index (κ2) is 18.8. The number of fused-ring (bicyclic) bond motifs is 1. The topological polar surface area (TPSA) is 285 Å². The number of imidazole rings is 1. The third-order valence-corrected chi connectivity index (χ3v) is 8.13. The van der Waals surface area contributed by atoms with E-state index in [-0.39, 0.29) is 60.7 Å². The number of carbonyl (C=O) groups excluding carboxylic acids is 6. The van der Waals surface area contributed by atoms with Crippen molar-refractivity contribution in [3.63, 3.8) is 0 Å². The third kappa shape index (κ3) is 12.7. The molecular weight excluding hydrogens is 742 g/mol. The minimum atomic E-state index is -4.28. The molecule has 0 fully saturated rings. The highest BCUT2D eigenvalue weighted by atomic mass is 32.2. The number of anilines is 2. The summed E-state index contributed by atoms with van der Waals surface area (Å²) in [5, 5.41) is 15.6. The number of esters is 2. The first kappa shape index (κ1) is 41.0. The summed E-state index contributed by atoms with van der Waals surface area (Å²) in [4.78, 5) is 91.9. The molecule has 1 heterocycles. The Labute approximate surface area is 312 Å². The number of ether oxygens (including phenoxy) is 2. The van der Waals surface area contributed by atoms with E-state index in [2.05, 4.69) is 42.7 Å². The largest absolute Gasteiger partial charge is 0.462 e. The number of rotatable bonds is 18. The van der Waals surface area contributed by atoms with Gasteiger partial charge < -0.3 is 35.4 Å². The number of Topliss-reactive ketones (excluding diaryl/α,β-unsaturated/α-hetero) is 1. The minimum Gasteiger partial charge on any atom is -0.462 e. The molecule has 0 radical (unpaired) electrons. The summed E-state index contributed by atoms with van der Waals surface area (Å²) in [6.07, 6.45) is 1.06. The first-order chi connectivity index (χ1) is 26.1. The lowest BCUT2D eigenvalue weighted by atomic mass is 10.1. The van der Waals surface area contributed by atoms with Gasteiger partial charge in [-0.1, -0.05) is 6.58 Å². The summed E-state index contributed by atoms with van der Waals surface area (Å²) in [5.41, 5.74) is 0.958. The van der Waals surface area contributed by atoms with Crippen LogP contribution in [-0.4, -0.2) is 89.9 Å². The van der Waals surface area contributed by atoms with Crippen molar-refractivity contribution in [2.45, 2.75) is 25.8 Å². The minimum absolute atomic E-state index is 0.00589. The van der Waals surface area contributed by atoms with Crippen LogP contribution >= 0.6 is 0 Å². The average Bonchev–Trinajstić information content (AvgIpc) is 3.51. The number of aromatic nitrogens is 2. The molecule has 0 spiro atoms. The summed E-state index contributed by atoms with van der Waals surface area (Å²) in [6, 6.07) is 12.4. The molecule has 0 aliphatic rings. The van der Waals surface area contributed by atoms with Crippen molar-refractivity contribution in [2.75, 3.05) is 36.1 Å². The fraction of sp³-hybridized carbons (Fsp3) is 0.229. The van der Waals surface area contributed by atoms with E-state index < -0.39 is 63.0 Å². The summed E-state index contributed by atoms with van der Waals surface area (Å²) in [6.45, 7) is 4.18. The SMILES string of the molecule is C=CC(=O)OCCCNC(=O)c1cc(NC(=O)c2ccc(/N=N/C(C(C)=O)C(=O)Nc3ccc4[nH]c(=O)[nH]c4c3)cc2)cc(C(=O)OCCCS(=O)(=O)O)c1. The molecule has 4 rings (SSSR count). The Kier molecular flexibility index (Phi) is 14.0. The molecule has 288 valence electrons. The number of ketones is 1. The van der Waals surface area contributed by atoms with Crippen LogP contribution < -0.4 is 21.6 Å². The van der Waals surface area contributed by atoms with Crippen molar-refractivity contribution < 1.29 is 51.2 Å². The molecule has 0 aliphatic carbocycles. The number of nitrogens with one attached hydrogen (secondary N) is 5. The van der Waals surface area contributed by atoms with Gasteiger partial charge in [-0.3, -0.25) is 23.7 Å². The van der Waals surface area contributed by atoms with Gasteiger partial charge in [0.15, 0.2) is 5.78 Å². The average molecular weight is 778 g/mol. The fourth-order valence-electron chi connectivity index (χ4n) is 4.69. The van der Waals surface area contributed by atoms with E-state index in [0.29, 0.717) is 16.7 Å². The highest BCUT2D eigenvalue weighted by Gasteiger charge is 2.23.